The van der Waals surface area contributed by atoms with Gasteiger partial charge in [-0.05, 0) is 28.5 Å². The lowest BCUT2D eigenvalue weighted by molar-refractivity contribution is 1.01. The number of anilines is 1. The molecule has 0 aliphatic carbocycles. The van der Waals surface area contributed by atoms with Crippen LogP contribution in [0.2, 0.25) is 0 Å². The predicted octanol–water partition coefficient (Wildman–Crippen LogP) is 4.52. The first kappa shape index (κ1) is 12.3. The third-order valence-corrected chi connectivity index (χ3v) is 3.35. The maximum atomic E-state index is 9.49. The first-order valence-electron chi connectivity index (χ1n) is 6.57. The minimum Gasteiger partial charge on any atom is -0.366 e. The third-order valence-electron chi connectivity index (χ3n) is 3.35. The van der Waals surface area contributed by atoms with Crippen LogP contribution in [0.15, 0.2) is 72.8 Å². The van der Waals surface area contributed by atoms with Crippen LogP contribution in [0.3, 0.4) is 0 Å². The van der Waals surface area contributed by atoms with Gasteiger partial charge in [-0.3, -0.25) is 0 Å². The second-order valence-corrected chi connectivity index (χ2v) is 4.64. The highest BCUT2D eigenvalue weighted by atomic mass is 14.9. The van der Waals surface area contributed by atoms with Crippen molar-refractivity contribution >= 4 is 16.5 Å². The molecular weight excluding hydrogens is 244 g/mol. The van der Waals surface area contributed by atoms with Crippen LogP contribution in [0.1, 0.15) is 11.6 Å². The van der Waals surface area contributed by atoms with Crippen LogP contribution in [0.5, 0.6) is 0 Å². The number of rotatable bonds is 3. The van der Waals surface area contributed by atoms with Gasteiger partial charge in [-0.15, -0.1) is 0 Å². The van der Waals surface area contributed by atoms with Gasteiger partial charge in [0.15, 0.2) is 0 Å². The van der Waals surface area contributed by atoms with Crippen LogP contribution in [-0.2, 0) is 0 Å². The van der Waals surface area contributed by atoms with Crippen LogP contribution >= 0.6 is 0 Å². The highest BCUT2D eigenvalue weighted by Crippen LogP contribution is 2.26. The molecule has 0 saturated carbocycles. The zero-order chi connectivity index (χ0) is 13.8. The fourth-order valence-corrected chi connectivity index (χ4v) is 2.38. The molecule has 2 heteroatoms. The quantitative estimate of drug-likeness (QED) is 0.750. The lowest BCUT2D eigenvalue weighted by Gasteiger charge is -2.15. The van der Waals surface area contributed by atoms with Crippen LogP contribution in [0.25, 0.3) is 10.8 Å². The van der Waals surface area contributed by atoms with E-state index in [1.807, 2.05) is 54.6 Å². The van der Waals surface area contributed by atoms with Crippen molar-refractivity contribution in [2.45, 2.75) is 6.04 Å². The summed E-state index contributed by atoms with van der Waals surface area (Å²) in [5.41, 5.74) is 1.96. The van der Waals surface area contributed by atoms with E-state index in [1.165, 1.54) is 0 Å². The number of nitriles is 1. The van der Waals surface area contributed by atoms with Gasteiger partial charge in [0, 0.05) is 5.69 Å². The second-order valence-electron chi connectivity index (χ2n) is 4.64. The molecule has 0 amide bonds. The SMILES string of the molecule is N#CC(Nc1ccccc1)c1cccc2ccccc12. The smallest absolute Gasteiger partial charge is 0.140 e. The summed E-state index contributed by atoms with van der Waals surface area (Å²) in [6.07, 6.45) is 0. The van der Waals surface area contributed by atoms with E-state index in [-0.39, 0.29) is 6.04 Å². The molecule has 0 fully saturated rings. The predicted molar refractivity (Wildman–Crippen MR) is 82.4 cm³/mol. The average molecular weight is 258 g/mol. The summed E-state index contributed by atoms with van der Waals surface area (Å²) in [6.45, 7) is 0. The van der Waals surface area contributed by atoms with Gasteiger partial charge >= 0.3 is 0 Å². The number of hydrogen-bond acceptors (Lipinski definition) is 2. The summed E-state index contributed by atoms with van der Waals surface area (Å²) in [5.74, 6) is 0. The number of hydrogen-bond donors (Lipinski definition) is 1. The maximum Gasteiger partial charge on any atom is 0.140 e. The highest BCUT2D eigenvalue weighted by Gasteiger charge is 2.12. The van der Waals surface area contributed by atoms with Gasteiger partial charge < -0.3 is 5.32 Å². The molecule has 1 N–H and O–H groups in total. The fraction of sp³-hybridized carbons (Fsp3) is 0.0556. The van der Waals surface area contributed by atoms with Crippen molar-refractivity contribution in [1.29, 1.82) is 5.26 Å². The van der Waals surface area contributed by atoms with E-state index in [4.69, 9.17) is 0 Å². The molecule has 0 aromatic heterocycles. The Balaban J connectivity index is 2.02. The van der Waals surface area contributed by atoms with Gasteiger partial charge in [0.25, 0.3) is 0 Å². The number of para-hydroxylation sites is 1. The molecule has 0 heterocycles. The van der Waals surface area contributed by atoms with Crippen molar-refractivity contribution in [3.8, 4) is 6.07 Å². The first-order valence-corrected chi connectivity index (χ1v) is 6.57. The van der Waals surface area contributed by atoms with E-state index in [0.29, 0.717) is 0 Å². The van der Waals surface area contributed by atoms with Gasteiger partial charge in [0.05, 0.1) is 6.07 Å². The van der Waals surface area contributed by atoms with E-state index in [1.54, 1.807) is 0 Å². The van der Waals surface area contributed by atoms with Gasteiger partial charge in [-0.25, -0.2) is 0 Å². The second kappa shape index (κ2) is 5.46. The molecule has 2 nitrogen and oxygen atoms in total. The average Bonchev–Trinajstić information content (AvgIpc) is 2.53. The van der Waals surface area contributed by atoms with E-state index in [2.05, 4.69) is 29.6 Å². The molecule has 1 atom stereocenters. The molecule has 1 unspecified atom stereocenters. The normalized spacial score (nSPS) is 11.8. The summed E-state index contributed by atoms with van der Waals surface area (Å²) in [5, 5.41) is 15.0. The minimum absolute atomic E-state index is 0.358. The molecule has 0 spiro atoms. The Labute approximate surface area is 118 Å². The summed E-state index contributed by atoms with van der Waals surface area (Å²) in [4.78, 5) is 0. The Morgan fingerprint density at radius 2 is 1.50 bits per heavy atom. The zero-order valence-electron chi connectivity index (χ0n) is 11.0. The number of nitrogens with zero attached hydrogens (tertiary/aromatic N) is 1. The standard InChI is InChI=1S/C18H14N2/c19-13-18(20-15-9-2-1-3-10-15)17-12-6-8-14-7-4-5-11-16(14)17/h1-12,18,20H. The monoisotopic (exact) mass is 258 g/mol. The van der Waals surface area contributed by atoms with Crippen molar-refractivity contribution in [1.82, 2.24) is 0 Å². The van der Waals surface area contributed by atoms with Crippen LogP contribution in [-0.4, -0.2) is 0 Å². The van der Waals surface area contributed by atoms with E-state index in [9.17, 15) is 5.26 Å². The van der Waals surface area contributed by atoms with Crippen molar-refractivity contribution in [3.05, 3.63) is 78.4 Å². The minimum atomic E-state index is -0.358. The van der Waals surface area contributed by atoms with Crippen molar-refractivity contribution < 1.29 is 0 Å². The van der Waals surface area contributed by atoms with Gasteiger partial charge in [0.2, 0.25) is 0 Å². The fourth-order valence-electron chi connectivity index (χ4n) is 2.38. The Kier molecular flexibility index (Phi) is 3.34. The van der Waals surface area contributed by atoms with E-state index in [0.717, 1.165) is 22.0 Å². The lowest BCUT2D eigenvalue weighted by atomic mass is 9.99. The molecule has 96 valence electrons. The molecule has 3 aromatic rings. The number of benzene rings is 3. The largest absolute Gasteiger partial charge is 0.366 e. The van der Waals surface area contributed by atoms with Gasteiger partial charge in [0.1, 0.15) is 6.04 Å². The molecule has 0 saturated heterocycles. The first-order chi connectivity index (χ1) is 9.88. The molecular formula is C18H14N2. The van der Waals surface area contributed by atoms with Crippen LogP contribution in [0.4, 0.5) is 5.69 Å². The van der Waals surface area contributed by atoms with Crippen LogP contribution in [0, 0.1) is 11.3 Å². The zero-order valence-corrected chi connectivity index (χ0v) is 11.0. The topological polar surface area (TPSA) is 35.8 Å². The Hall–Kier alpha value is -2.79. The molecule has 3 aromatic carbocycles. The Morgan fingerprint density at radius 3 is 2.30 bits per heavy atom. The summed E-state index contributed by atoms with van der Waals surface area (Å²) in [6, 6.07) is 26.0. The summed E-state index contributed by atoms with van der Waals surface area (Å²) in [7, 11) is 0. The van der Waals surface area contributed by atoms with E-state index >= 15 is 0 Å². The highest BCUT2D eigenvalue weighted by molar-refractivity contribution is 5.86. The Morgan fingerprint density at radius 1 is 0.800 bits per heavy atom. The molecule has 0 aliphatic rings. The number of fused-ring (bicyclic) bond motifs is 1. The summed E-state index contributed by atoms with van der Waals surface area (Å²) < 4.78 is 0. The van der Waals surface area contributed by atoms with Crippen molar-refractivity contribution in [2.75, 3.05) is 5.32 Å². The van der Waals surface area contributed by atoms with Crippen LogP contribution < -0.4 is 5.32 Å². The molecule has 0 radical (unpaired) electrons. The maximum absolute atomic E-state index is 9.49. The number of nitrogens with one attached hydrogen (secondary N) is 1. The molecule has 0 bridgehead atoms. The van der Waals surface area contributed by atoms with Crippen molar-refractivity contribution in [3.63, 3.8) is 0 Å². The molecule has 20 heavy (non-hydrogen) atoms. The van der Waals surface area contributed by atoms with Crippen molar-refractivity contribution in [2.24, 2.45) is 0 Å². The molecule has 3 rings (SSSR count). The van der Waals surface area contributed by atoms with Gasteiger partial charge in [-0.1, -0.05) is 60.7 Å². The van der Waals surface area contributed by atoms with E-state index < -0.39 is 0 Å². The summed E-state index contributed by atoms with van der Waals surface area (Å²) >= 11 is 0. The Bertz CT molecular complexity index is 752. The lowest BCUT2D eigenvalue weighted by Crippen LogP contribution is -2.08. The van der Waals surface area contributed by atoms with Gasteiger partial charge in [-0.2, -0.15) is 5.26 Å². The third kappa shape index (κ3) is 2.34. The molecule has 0 aliphatic heterocycles.